The molecule has 1 N–H and O–H groups in total. The first-order chi connectivity index (χ1) is 7.65. The van der Waals surface area contributed by atoms with Gasteiger partial charge in [-0.2, -0.15) is 0 Å². The first kappa shape index (κ1) is 9.58. The summed E-state index contributed by atoms with van der Waals surface area (Å²) in [5.41, 5.74) is 3.89. The summed E-state index contributed by atoms with van der Waals surface area (Å²) < 4.78 is 0. The molecule has 0 saturated carbocycles. The number of H-pyrrole nitrogens is 1. The van der Waals surface area contributed by atoms with Crippen molar-refractivity contribution in [1.29, 1.82) is 0 Å². The summed E-state index contributed by atoms with van der Waals surface area (Å²) in [5, 5.41) is 0.992. The lowest BCUT2D eigenvalue weighted by molar-refractivity contribution is 0.0955. The molecule has 1 atom stereocenters. The maximum absolute atomic E-state index is 12.0. The molecule has 16 heavy (non-hydrogen) atoms. The lowest BCUT2D eigenvalue weighted by Crippen LogP contribution is -2.16. The monoisotopic (exact) mass is 214 g/mol. The molecule has 0 radical (unpaired) electrons. The quantitative estimate of drug-likeness (QED) is 0.732. The molecule has 1 aliphatic rings. The van der Waals surface area contributed by atoms with Crippen molar-refractivity contribution >= 4 is 16.8 Å². The second kappa shape index (κ2) is 3.17. The fourth-order valence-corrected chi connectivity index (χ4v) is 2.54. The zero-order chi connectivity index (χ0) is 11.3. The second-order valence-electron chi connectivity index (χ2n) is 4.82. The maximum atomic E-state index is 12.0. The Hall–Kier alpha value is -1.64. The number of carbonyl (C=O) groups excluding carboxylic acids is 1. The van der Waals surface area contributed by atoms with Gasteiger partial charge in [-0.1, -0.05) is 6.92 Å². The van der Waals surface area contributed by atoms with E-state index >= 15 is 0 Å². The molecule has 1 aliphatic carbocycles. The summed E-state index contributed by atoms with van der Waals surface area (Å²) in [6.45, 7) is 4.12. The van der Waals surface area contributed by atoms with Crippen LogP contribution in [0.3, 0.4) is 0 Å². The van der Waals surface area contributed by atoms with Crippen molar-refractivity contribution in [1.82, 2.24) is 9.97 Å². The summed E-state index contributed by atoms with van der Waals surface area (Å²) in [6.07, 6.45) is 3.45. The molecular formula is C13H14N2O. The van der Waals surface area contributed by atoms with Gasteiger partial charge in [-0.3, -0.25) is 4.79 Å². The summed E-state index contributed by atoms with van der Waals surface area (Å²) >= 11 is 0. The van der Waals surface area contributed by atoms with Gasteiger partial charge in [0.05, 0.1) is 0 Å². The Bertz CT molecular complexity index is 583. The number of hydrogen-bond donors (Lipinski definition) is 1. The predicted octanol–water partition coefficient (Wildman–Crippen LogP) is 2.64. The number of aromatic nitrogens is 2. The van der Waals surface area contributed by atoms with Crippen LogP contribution in [0.15, 0.2) is 12.3 Å². The number of Topliss-reactive ketones (excluding diaryl/α,β-unsaturated/α-hetero) is 1. The van der Waals surface area contributed by atoms with Gasteiger partial charge in [0.15, 0.2) is 5.78 Å². The first-order valence-corrected chi connectivity index (χ1v) is 5.65. The van der Waals surface area contributed by atoms with E-state index in [4.69, 9.17) is 0 Å². The fraction of sp³-hybridized carbons (Fsp3) is 0.385. The Labute approximate surface area is 93.9 Å². The molecule has 3 nitrogen and oxygen atoms in total. The van der Waals surface area contributed by atoms with E-state index in [-0.39, 0.29) is 5.78 Å². The van der Waals surface area contributed by atoms with Crippen LogP contribution in [0.1, 0.15) is 35.0 Å². The molecule has 2 aromatic rings. The molecule has 0 saturated heterocycles. The Balaban J connectivity index is 2.32. The van der Waals surface area contributed by atoms with E-state index in [1.165, 1.54) is 0 Å². The zero-order valence-corrected chi connectivity index (χ0v) is 9.50. The van der Waals surface area contributed by atoms with E-state index < -0.39 is 0 Å². The molecular weight excluding hydrogens is 200 g/mol. The van der Waals surface area contributed by atoms with Crippen LogP contribution >= 0.6 is 0 Å². The van der Waals surface area contributed by atoms with Crippen molar-refractivity contribution in [3.8, 4) is 0 Å². The van der Waals surface area contributed by atoms with Crippen molar-refractivity contribution in [3.63, 3.8) is 0 Å². The third-order valence-electron chi connectivity index (χ3n) is 3.23. The smallest absolute Gasteiger partial charge is 0.165 e. The number of fused-ring (bicyclic) bond motifs is 3. The summed E-state index contributed by atoms with van der Waals surface area (Å²) in [7, 11) is 0. The van der Waals surface area contributed by atoms with E-state index in [1.54, 1.807) is 0 Å². The lowest BCUT2D eigenvalue weighted by Gasteiger charge is -2.16. The Kier molecular flexibility index (Phi) is 1.90. The molecule has 2 heterocycles. The molecule has 0 bridgehead atoms. The number of hydrogen-bond acceptors (Lipinski definition) is 2. The van der Waals surface area contributed by atoms with Crippen molar-refractivity contribution in [2.45, 2.75) is 26.7 Å². The fourth-order valence-electron chi connectivity index (χ4n) is 2.54. The largest absolute Gasteiger partial charge is 0.343 e. The van der Waals surface area contributed by atoms with Gasteiger partial charge in [0, 0.05) is 29.3 Å². The van der Waals surface area contributed by atoms with Crippen LogP contribution in [0.5, 0.6) is 0 Å². The summed E-state index contributed by atoms with van der Waals surface area (Å²) in [6, 6.07) is 2.05. The number of nitrogens with one attached hydrogen (secondary N) is 1. The topological polar surface area (TPSA) is 45.8 Å². The molecule has 3 heteroatoms. The second-order valence-corrected chi connectivity index (χ2v) is 4.82. The molecule has 1 unspecified atom stereocenters. The molecule has 0 aromatic carbocycles. The van der Waals surface area contributed by atoms with Gasteiger partial charge in [-0.05, 0) is 30.9 Å². The molecule has 0 amide bonds. The van der Waals surface area contributed by atoms with Crippen LogP contribution in [-0.4, -0.2) is 15.8 Å². The number of rotatable bonds is 0. The summed E-state index contributed by atoms with van der Waals surface area (Å²) in [4.78, 5) is 19.6. The van der Waals surface area contributed by atoms with Crippen LogP contribution in [0.4, 0.5) is 0 Å². The van der Waals surface area contributed by atoms with Gasteiger partial charge in [0.2, 0.25) is 0 Å². The van der Waals surface area contributed by atoms with Crippen molar-refractivity contribution in [2.75, 3.05) is 0 Å². The number of ketones is 1. The normalized spacial score (nSPS) is 20.1. The average molecular weight is 214 g/mol. The highest BCUT2D eigenvalue weighted by atomic mass is 16.1. The Morgan fingerprint density at radius 1 is 1.44 bits per heavy atom. The van der Waals surface area contributed by atoms with Gasteiger partial charge < -0.3 is 4.98 Å². The minimum atomic E-state index is 0.257. The molecule has 0 fully saturated rings. The van der Waals surface area contributed by atoms with E-state index in [9.17, 15) is 4.79 Å². The third-order valence-corrected chi connectivity index (χ3v) is 3.23. The number of carbonyl (C=O) groups is 1. The Morgan fingerprint density at radius 2 is 2.25 bits per heavy atom. The van der Waals surface area contributed by atoms with Gasteiger partial charge in [0.25, 0.3) is 0 Å². The van der Waals surface area contributed by atoms with Crippen LogP contribution in [0, 0.1) is 12.8 Å². The maximum Gasteiger partial charge on any atom is 0.165 e. The molecule has 82 valence electrons. The van der Waals surface area contributed by atoms with E-state index in [1.807, 2.05) is 19.2 Å². The zero-order valence-electron chi connectivity index (χ0n) is 9.50. The minimum Gasteiger partial charge on any atom is -0.343 e. The third kappa shape index (κ3) is 1.28. The van der Waals surface area contributed by atoms with Crippen molar-refractivity contribution in [2.24, 2.45) is 5.92 Å². The van der Waals surface area contributed by atoms with Crippen molar-refractivity contribution < 1.29 is 4.79 Å². The van der Waals surface area contributed by atoms with Crippen LogP contribution in [0.2, 0.25) is 0 Å². The van der Waals surface area contributed by atoms with Crippen LogP contribution in [0.25, 0.3) is 11.0 Å². The van der Waals surface area contributed by atoms with Gasteiger partial charge in [-0.15, -0.1) is 0 Å². The molecule has 3 rings (SSSR count). The number of aromatic amines is 1. The van der Waals surface area contributed by atoms with Gasteiger partial charge >= 0.3 is 0 Å². The standard InChI is InChI=1S/C13H14N2O/c1-7-4-10-12(11(16)5-7)9-3-8(2)6-14-13(9)15-10/h3,6-7H,4-5H2,1-2H3,(H,14,15). The number of nitrogens with zero attached hydrogens (tertiary/aromatic N) is 1. The van der Waals surface area contributed by atoms with E-state index in [0.29, 0.717) is 12.3 Å². The van der Waals surface area contributed by atoms with Crippen LogP contribution < -0.4 is 0 Å². The van der Waals surface area contributed by atoms with Gasteiger partial charge in [-0.25, -0.2) is 4.98 Å². The predicted molar refractivity (Wildman–Crippen MR) is 62.6 cm³/mol. The minimum absolute atomic E-state index is 0.257. The van der Waals surface area contributed by atoms with E-state index in [2.05, 4.69) is 16.9 Å². The molecule has 0 aliphatic heterocycles. The SMILES string of the molecule is Cc1cnc2[nH]c3c(c2c1)C(=O)CC(C)C3. The molecule has 0 spiro atoms. The highest BCUT2D eigenvalue weighted by Gasteiger charge is 2.26. The number of aryl methyl sites for hydroxylation is 1. The number of pyridine rings is 1. The first-order valence-electron chi connectivity index (χ1n) is 5.65. The highest BCUT2D eigenvalue weighted by Crippen LogP contribution is 2.30. The average Bonchev–Trinajstić information content (AvgIpc) is 2.54. The van der Waals surface area contributed by atoms with Crippen molar-refractivity contribution in [3.05, 3.63) is 29.1 Å². The highest BCUT2D eigenvalue weighted by molar-refractivity contribution is 6.09. The summed E-state index contributed by atoms with van der Waals surface area (Å²) in [5.74, 6) is 0.696. The van der Waals surface area contributed by atoms with E-state index in [0.717, 1.165) is 34.3 Å². The molecule has 2 aromatic heterocycles. The lowest BCUT2D eigenvalue weighted by atomic mass is 9.87. The van der Waals surface area contributed by atoms with Crippen LogP contribution in [-0.2, 0) is 6.42 Å². The Morgan fingerprint density at radius 3 is 3.06 bits per heavy atom. The van der Waals surface area contributed by atoms with Gasteiger partial charge in [0.1, 0.15) is 5.65 Å².